The minimum absolute atomic E-state index is 0.0240. The molecule has 0 aliphatic carbocycles. The minimum atomic E-state index is -2.96. The van der Waals surface area contributed by atoms with E-state index in [1.54, 1.807) is 12.1 Å². The zero-order valence-electron chi connectivity index (χ0n) is 12.3. The predicted octanol–water partition coefficient (Wildman–Crippen LogP) is 1.94. The number of hydrogen-bond acceptors (Lipinski definition) is 6. The van der Waals surface area contributed by atoms with Crippen LogP contribution < -0.4 is 9.47 Å². The van der Waals surface area contributed by atoms with Crippen molar-refractivity contribution in [2.75, 3.05) is 26.4 Å². The van der Waals surface area contributed by atoms with Gasteiger partial charge >= 0.3 is 6.61 Å². The number of rotatable bonds is 6. The van der Waals surface area contributed by atoms with Crippen LogP contribution in [0.15, 0.2) is 23.4 Å². The molecule has 1 atom stereocenters. The first-order valence-electron chi connectivity index (χ1n) is 7.28. The molecule has 6 nitrogen and oxygen atoms in total. The average molecular weight is 329 g/mol. The number of aliphatic hydroxyl groups excluding tert-OH is 1. The maximum absolute atomic E-state index is 12.4. The van der Waals surface area contributed by atoms with Crippen LogP contribution in [0.2, 0.25) is 0 Å². The van der Waals surface area contributed by atoms with Crippen molar-refractivity contribution in [3.05, 3.63) is 23.8 Å². The lowest BCUT2D eigenvalue weighted by atomic mass is 9.93. The highest BCUT2D eigenvalue weighted by Gasteiger charge is 2.43. The number of nitrogens with zero attached hydrogens (tertiary/aromatic N) is 1. The standard InChI is InChI=1S/C15H17F2NO5/c16-14(17)22-12-2-1-10(7-13(12)21-6-4-19)11-8-15(23-18-11)3-5-20-9-15/h1-2,7,14,19H,3-6,8-9H2. The second-order valence-corrected chi connectivity index (χ2v) is 5.40. The Balaban J connectivity index is 1.79. The van der Waals surface area contributed by atoms with Crippen LogP contribution in [0.3, 0.4) is 0 Å². The van der Waals surface area contributed by atoms with Gasteiger partial charge in [-0.3, -0.25) is 0 Å². The molecule has 2 heterocycles. The Morgan fingerprint density at radius 2 is 2.22 bits per heavy atom. The number of oxime groups is 1. The van der Waals surface area contributed by atoms with E-state index in [2.05, 4.69) is 9.89 Å². The first-order valence-corrected chi connectivity index (χ1v) is 7.28. The van der Waals surface area contributed by atoms with E-state index in [1.807, 2.05) is 0 Å². The van der Waals surface area contributed by atoms with Crippen LogP contribution in [0.5, 0.6) is 11.5 Å². The molecule has 2 aliphatic heterocycles. The molecule has 23 heavy (non-hydrogen) atoms. The minimum Gasteiger partial charge on any atom is -0.487 e. The zero-order valence-corrected chi connectivity index (χ0v) is 12.3. The van der Waals surface area contributed by atoms with Crippen LogP contribution in [0, 0.1) is 0 Å². The van der Waals surface area contributed by atoms with Crippen molar-refractivity contribution in [1.82, 2.24) is 0 Å². The number of ether oxygens (including phenoxy) is 3. The molecule has 3 rings (SSSR count). The molecule has 0 bridgehead atoms. The van der Waals surface area contributed by atoms with Gasteiger partial charge in [-0.15, -0.1) is 0 Å². The van der Waals surface area contributed by atoms with E-state index in [4.69, 9.17) is 19.4 Å². The molecule has 1 N–H and O–H groups in total. The number of benzene rings is 1. The first-order chi connectivity index (χ1) is 11.1. The van der Waals surface area contributed by atoms with E-state index >= 15 is 0 Å². The summed E-state index contributed by atoms with van der Waals surface area (Å²) in [6.07, 6.45) is 1.35. The van der Waals surface area contributed by atoms with Gasteiger partial charge in [-0.1, -0.05) is 5.16 Å². The lowest BCUT2D eigenvalue weighted by molar-refractivity contribution is -0.0516. The molecule has 0 radical (unpaired) electrons. The largest absolute Gasteiger partial charge is 0.487 e. The molecule has 1 spiro atoms. The van der Waals surface area contributed by atoms with Crippen LogP contribution in [-0.4, -0.2) is 49.5 Å². The summed E-state index contributed by atoms with van der Waals surface area (Å²) >= 11 is 0. The monoisotopic (exact) mass is 329 g/mol. The second kappa shape index (κ2) is 6.67. The van der Waals surface area contributed by atoms with Gasteiger partial charge in [0.1, 0.15) is 6.61 Å². The van der Waals surface area contributed by atoms with Crippen molar-refractivity contribution in [2.45, 2.75) is 25.1 Å². The number of hydrogen-bond donors (Lipinski definition) is 1. The van der Waals surface area contributed by atoms with Crippen LogP contribution in [0.1, 0.15) is 18.4 Å². The molecule has 126 valence electrons. The van der Waals surface area contributed by atoms with E-state index in [0.717, 1.165) is 6.42 Å². The summed E-state index contributed by atoms with van der Waals surface area (Å²) in [5, 5.41) is 12.9. The molecule has 0 saturated carbocycles. The summed E-state index contributed by atoms with van der Waals surface area (Å²) in [7, 11) is 0. The van der Waals surface area contributed by atoms with Gasteiger partial charge in [0.05, 0.1) is 25.5 Å². The highest BCUT2D eigenvalue weighted by molar-refractivity contribution is 6.02. The highest BCUT2D eigenvalue weighted by Crippen LogP contribution is 2.36. The zero-order chi connectivity index (χ0) is 16.3. The number of alkyl halides is 2. The summed E-state index contributed by atoms with van der Waals surface area (Å²) < 4.78 is 39.9. The fraction of sp³-hybridized carbons (Fsp3) is 0.533. The Morgan fingerprint density at radius 3 is 2.91 bits per heavy atom. The van der Waals surface area contributed by atoms with E-state index in [9.17, 15) is 8.78 Å². The molecule has 1 saturated heterocycles. The predicted molar refractivity (Wildman–Crippen MR) is 76.1 cm³/mol. The molecule has 8 heteroatoms. The van der Waals surface area contributed by atoms with Gasteiger partial charge in [-0.2, -0.15) is 8.78 Å². The van der Waals surface area contributed by atoms with Crippen LogP contribution >= 0.6 is 0 Å². The number of aliphatic hydroxyl groups is 1. The fourth-order valence-electron chi connectivity index (χ4n) is 2.63. The van der Waals surface area contributed by atoms with Crippen LogP contribution in [0.4, 0.5) is 8.78 Å². The lowest BCUT2D eigenvalue weighted by Gasteiger charge is -2.17. The molecule has 0 amide bonds. The van der Waals surface area contributed by atoms with Gasteiger partial charge in [0.25, 0.3) is 0 Å². The van der Waals surface area contributed by atoms with E-state index in [0.29, 0.717) is 30.9 Å². The van der Waals surface area contributed by atoms with Gasteiger partial charge in [0, 0.05) is 18.4 Å². The Morgan fingerprint density at radius 1 is 1.35 bits per heavy atom. The highest BCUT2D eigenvalue weighted by atomic mass is 19.3. The molecular weight excluding hydrogens is 312 g/mol. The Labute approximate surface area is 131 Å². The third kappa shape index (κ3) is 3.53. The molecule has 0 aromatic heterocycles. The molecule has 1 fully saturated rings. The Kier molecular flexibility index (Phi) is 4.63. The summed E-state index contributed by atoms with van der Waals surface area (Å²) in [5.41, 5.74) is 0.982. The normalized spacial score (nSPS) is 23.2. The van der Waals surface area contributed by atoms with Crippen molar-refractivity contribution in [1.29, 1.82) is 0 Å². The summed E-state index contributed by atoms with van der Waals surface area (Å²) in [5.74, 6) is 0.0406. The van der Waals surface area contributed by atoms with E-state index < -0.39 is 12.2 Å². The summed E-state index contributed by atoms with van der Waals surface area (Å²) in [6, 6.07) is 4.58. The van der Waals surface area contributed by atoms with Crippen molar-refractivity contribution in [3.63, 3.8) is 0 Å². The Bertz CT molecular complexity index is 587. The molecule has 2 aliphatic rings. The van der Waals surface area contributed by atoms with E-state index in [-0.39, 0.29) is 24.7 Å². The lowest BCUT2D eigenvalue weighted by Crippen LogP contribution is -2.29. The van der Waals surface area contributed by atoms with Crippen molar-refractivity contribution in [2.24, 2.45) is 5.16 Å². The maximum Gasteiger partial charge on any atom is 0.387 e. The third-order valence-corrected chi connectivity index (χ3v) is 3.75. The SMILES string of the molecule is OCCOc1cc(C2=NOC3(CCOC3)C2)ccc1OC(F)F. The quantitative estimate of drug-likeness (QED) is 0.864. The average Bonchev–Trinajstić information content (AvgIpc) is 3.16. The van der Waals surface area contributed by atoms with Gasteiger partial charge in [0.15, 0.2) is 17.1 Å². The molecule has 1 unspecified atom stereocenters. The molecule has 1 aromatic rings. The first kappa shape index (κ1) is 15.9. The van der Waals surface area contributed by atoms with Gasteiger partial charge in [-0.25, -0.2) is 0 Å². The second-order valence-electron chi connectivity index (χ2n) is 5.40. The number of halogens is 2. The van der Waals surface area contributed by atoms with E-state index in [1.165, 1.54) is 6.07 Å². The van der Waals surface area contributed by atoms with Gasteiger partial charge in [0.2, 0.25) is 0 Å². The van der Waals surface area contributed by atoms with Crippen molar-refractivity contribution < 1.29 is 32.9 Å². The molecule has 1 aromatic carbocycles. The summed E-state index contributed by atoms with van der Waals surface area (Å²) in [6.45, 7) is -2.09. The van der Waals surface area contributed by atoms with Crippen molar-refractivity contribution >= 4 is 5.71 Å². The molecular formula is C15H17F2NO5. The fourth-order valence-corrected chi connectivity index (χ4v) is 2.63. The van der Waals surface area contributed by atoms with Crippen LogP contribution in [-0.2, 0) is 9.57 Å². The van der Waals surface area contributed by atoms with Gasteiger partial charge in [-0.05, 0) is 18.2 Å². The Hall–Kier alpha value is -1.93. The smallest absolute Gasteiger partial charge is 0.387 e. The van der Waals surface area contributed by atoms with Crippen LogP contribution in [0.25, 0.3) is 0 Å². The summed E-state index contributed by atoms with van der Waals surface area (Å²) in [4.78, 5) is 5.52. The maximum atomic E-state index is 12.4. The third-order valence-electron chi connectivity index (χ3n) is 3.75. The van der Waals surface area contributed by atoms with Crippen molar-refractivity contribution in [3.8, 4) is 11.5 Å². The topological polar surface area (TPSA) is 69.5 Å². The van der Waals surface area contributed by atoms with Gasteiger partial charge < -0.3 is 24.2 Å².